The number of nitrogens with one attached hydrogen (secondary N) is 1. The first kappa shape index (κ1) is 24.8. The minimum absolute atomic E-state index is 0.162. The molecule has 1 aliphatic rings. The van der Waals surface area contributed by atoms with Crippen LogP contribution in [0.3, 0.4) is 0 Å². The van der Waals surface area contributed by atoms with Crippen LogP contribution in [0.1, 0.15) is 47.3 Å². The van der Waals surface area contributed by atoms with Crippen LogP contribution in [0.5, 0.6) is 5.75 Å². The molecule has 1 aliphatic heterocycles. The largest absolute Gasteiger partial charge is 0.573 e. The number of likely N-dealkylation sites (tertiary alicyclic amines) is 1. The molecule has 184 valence electrons. The molecule has 0 bridgehead atoms. The van der Waals surface area contributed by atoms with E-state index in [1.54, 1.807) is 36.4 Å². The van der Waals surface area contributed by atoms with Crippen molar-refractivity contribution in [3.63, 3.8) is 0 Å². The summed E-state index contributed by atoms with van der Waals surface area (Å²) >= 11 is 0. The Bertz CT molecular complexity index is 1100. The van der Waals surface area contributed by atoms with Crippen molar-refractivity contribution < 1.29 is 22.7 Å². The van der Waals surface area contributed by atoms with Gasteiger partial charge in [0.25, 0.3) is 5.91 Å². The molecule has 0 aliphatic carbocycles. The second-order valence-electron chi connectivity index (χ2n) is 8.82. The lowest BCUT2D eigenvalue weighted by atomic mass is 10.0. The van der Waals surface area contributed by atoms with Crippen LogP contribution in [-0.4, -0.2) is 36.8 Å². The van der Waals surface area contributed by atoms with Crippen LogP contribution >= 0.6 is 0 Å². The lowest BCUT2D eigenvalue weighted by Gasteiger charge is -2.24. The number of carbonyl (C=O) groups is 1. The van der Waals surface area contributed by atoms with Gasteiger partial charge in [-0.3, -0.25) is 9.69 Å². The molecule has 7 heteroatoms. The molecule has 1 amide bonds. The first-order chi connectivity index (χ1) is 16.8. The summed E-state index contributed by atoms with van der Waals surface area (Å²) < 4.78 is 40.8. The van der Waals surface area contributed by atoms with Gasteiger partial charge in [0.15, 0.2) is 0 Å². The first-order valence-electron chi connectivity index (χ1n) is 11.9. The number of rotatable bonds is 8. The van der Waals surface area contributed by atoms with E-state index in [1.807, 2.05) is 0 Å². The maximum atomic E-state index is 12.5. The number of alkyl halides is 3. The Morgan fingerprint density at radius 1 is 0.914 bits per heavy atom. The zero-order valence-corrected chi connectivity index (χ0v) is 19.6. The molecule has 3 aromatic rings. The number of amides is 1. The molecule has 0 radical (unpaired) electrons. The van der Waals surface area contributed by atoms with E-state index in [4.69, 9.17) is 0 Å². The van der Waals surface area contributed by atoms with Gasteiger partial charge in [-0.1, -0.05) is 48.5 Å². The highest BCUT2D eigenvalue weighted by Gasteiger charge is 2.31. The van der Waals surface area contributed by atoms with Crippen molar-refractivity contribution in [2.45, 2.75) is 38.6 Å². The van der Waals surface area contributed by atoms with E-state index in [9.17, 15) is 18.0 Å². The van der Waals surface area contributed by atoms with E-state index >= 15 is 0 Å². The second kappa shape index (κ2) is 11.0. The quantitative estimate of drug-likeness (QED) is 0.405. The fourth-order valence-electron chi connectivity index (χ4n) is 4.39. The van der Waals surface area contributed by atoms with Gasteiger partial charge in [0.05, 0.1) is 0 Å². The van der Waals surface area contributed by atoms with Gasteiger partial charge in [-0.15, -0.1) is 13.2 Å². The fourth-order valence-corrected chi connectivity index (χ4v) is 4.39. The van der Waals surface area contributed by atoms with Crippen LogP contribution in [0.15, 0.2) is 72.8 Å². The normalized spacial score (nSPS) is 15.1. The SMILES string of the molecule is CC(c1ccc(CCNC(=O)c2ccc(-c3ccc(OC(F)(F)F)cc3)cc2)cc1)N1CCCC1. The summed E-state index contributed by atoms with van der Waals surface area (Å²) in [4.78, 5) is 15.0. The minimum atomic E-state index is -4.72. The van der Waals surface area contributed by atoms with E-state index in [1.165, 1.54) is 49.2 Å². The van der Waals surface area contributed by atoms with Crippen LogP contribution in [0.2, 0.25) is 0 Å². The molecule has 4 nitrogen and oxygen atoms in total. The molecule has 1 atom stereocenters. The van der Waals surface area contributed by atoms with E-state index in [2.05, 4.69) is 46.1 Å². The Kier molecular flexibility index (Phi) is 7.76. The number of nitrogens with zero attached hydrogens (tertiary/aromatic N) is 1. The summed E-state index contributed by atoms with van der Waals surface area (Å²) in [6.45, 7) is 5.11. The fraction of sp³-hybridized carbons (Fsp3) is 0.321. The second-order valence-corrected chi connectivity index (χ2v) is 8.82. The topological polar surface area (TPSA) is 41.6 Å². The highest BCUT2D eigenvalue weighted by Crippen LogP contribution is 2.27. The smallest absolute Gasteiger partial charge is 0.406 e. The van der Waals surface area contributed by atoms with Crippen molar-refractivity contribution in [2.24, 2.45) is 0 Å². The molecule has 1 saturated heterocycles. The zero-order chi connectivity index (χ0) is 24.8. The van der Waals surface area contributed by atoms with Gasteiger partial charge in [0, 0.05) is 18.2 Å². The van der Waals surface area contributed by atoms with Crippen LogP contribution in [0, 0.1) is 0 Å². The third-order valence-electron chi connectivity index (χ3n) is 6.42. The van der Waals surface area contributed by atoms with Crippen LogP contribution in [0.25, 0.3) is 11.1 Å². The number of ether oxygens (including phenoxy) is 1. The van der Waals surface area contributed by atoms with E-state index in [0.717, 1.165) is 17.5 Å². The maximum Gasteiger partial charge on any atom is 0.573 e. The predicted molar refractivity (Wildman–Crippen MR) is 130 cm³/mol. The summed E-state index contributed by atoms with van der Waals surface area (Å²) in [5.74, 6) is -0.433. The number of benzene rings is 3. The Labute approximate surface area is 203 Å². The van der Waals surface area contributed by atoms with Crippen molar-refractivity contribution >= 4 is 5.91 Å². The van der Waals surface area contributed by atoms with Crippen LogP contribution in [-0.2, 0) is 6.42 Å². The van der Waals surface area contributed by atoms with Crippen molar-refractivity contribution in [1.29, 1.82) is 0 Å². The highest BCUT2D eigenvalue weighted by molar-refractivity contribution is 5.94. The molecular weight excluding hydrogens is 453 g/mol. The summed E-state index contributed by atoms with van der Waals surface area (Å²) in [5, 5.41) is 2.95. The van der Waals surface area contributed by atoms with Crippen molar-refractivity contribution in [3.05, 3.63) is 89.5 Å². The zero-order valence-electron chi connectivity index (χ0n) is 19.6. The predicted octanol–water partition coefficient (Wildman–Crippen LogP) is 6.38. The molecule has 1 fully saturated rings. The van der Waals surface area contributed by atoms with Crippen molar-refractivity contribution in [3.8, 4) is 16.9 Å². The molecule has 0 aromatic heterocycles. The molecule has 1 heterocycles. The third-order valence-corrected chi connectivity index (χ3v) is 6.42. The molecule has 3 aromatic carbocycles. The summed E-state index contributed by atoms with van der Waals surface area (Å²) in [6.07, 6.45) is -1.42. The standard InChI is InChI=1S/C28H29F3N2O2/c1-20(33-18-2-3-19-33)22-6-4-21(5-7-22)16-17-32-27(34)25-10-8-23(9-11-25)24-12-14-26(15-13-24)35-28(29,30)31/h4-15,20H,2-3,16-19H2,1H3,(H,32,34). The van der Waals surface area contributed by atoms with Crippen molar-refractivity contribution in [2.75, 3.05) is 19.6 Å². The van der Waals surface area contributed by atoms with E-state index < -0.39 is 6.36 Å². The van der Waals surface area contributed by atoms with Crippen LogP contribution in [0.4, 0.5) is 13.2 Å². The van der Waals surface area contributed by atoms with Crippen LogP contribution < -0.4 is 10.1 Å². The average molecular weight is 483 g/mol. The molecule has 0 saturated carbocycles. The number of hydrogen-bond acceptors (Lipinski definition) is 3. The number of carbonyl (C=O) groups excluding carboxylic acids is 1. The molecule has 0 spiro atoms. The monoisotopic (exact) mass is 482 g/mol. The Morgan fingerprint density at radius 3 is 2.06 bits per heavy atom. The highest BCUT2D eigenvalue weighted by atomic mass is 19.4. The van der Waals surface area contributed by atoms with E-state index in [-0.39, 0.29) is 11.7 Å². The summed E-state index contributed by atoms with van der Waals surface area (Å²) in [5.41, 5.74) is 4.55. The van der Waals surface area contributed by atoms with Gasteiger partial charge in [-0.25, -0.2) is 0 Å². The summed E-state index contributed by atoms with van der Waals surface area (Å²) in [7, 11) is 0. The first-order valence-corrected chi connectivity index (χ1v) is 11.9. The lowest BCUT2D eigenvalue weighted by Crippen LogP contribution is -2.25. The van der Waals surface area contributed by atoms with Crippen molar-refractivity contribution in [1.82, 2.24) is 10.2 Å². The average Bonchev–Trinajstić information content (AvgIpc) is 3.39. The molecule has 1 unspecified atom stereocenters. The Hall–Kier alpha value is -3.32. The molecule has 35 heavy (non-hydrogen) atoms. The minimum Gasteiger partial charge on any atom is -0.406 e. The van der Waals surface area contributed by atoms with Gasteiger partial charge in [0.2, 0.25) is 0 Å². The lowest BCUT2D eigenvalue weighted by molar-refractivity contribution is -0.274. The number of halogens is 3. The van der Waals surface area contributed by atoms with Gasteiger partial charge >= 0.3 is 6.36 Å². The molecule has 4 rings (SSSR count). The van der Waals surface area contributed by atoms with Gasteiger partial charge < -0.3 is 10.1 Å². The van der Waals surface area contributed by atoms with Gasteiger partial charge in [0.1, 0.15) is 5.75 Å². The molecule has 1 N–H and O–H groups in total. The maximum absolute atomic E-state index is 12.5. The summed E-state index contributed by atoms with van der Waals surface area (Å²) in [6, 6.07) is 21.7. The van der Waals surface area contributed by atoms with Gasteiger partial charge in [-0.05, 0) is 85.8 Å². The van der Waals surface area contributed by atoms with E-state index in [0.29, 0.717) is 18.2 Å². The Morgan fingerprint density at radius 2 is 1.49 bits per heavy atom. The number of hydrogen-bond donors (Lipinski definition) is 1. The third kappa shape index (κ3) is 6.85. The van der Waals surface area contributed by atoms with Gasteiger partial charge in [-0.2, -0.15) is 0 Å². The molecular formula is C28H29F3N2O2. The Balaban J connectivity index is 1.26.